The maximum absolute atomic E-state index is 11.9. The van der Waals surface area contributed by atoms with E-state index < -0.39 is 115 Å². The Kier molecular flexibility index (Phi) is 9.01. The average molecular weight is 688 g/mol. The molecular weight excluding hydrogens is 676 g/mol. The number of aliphatic hydroxyl groups excluding tert-OH is 6. The Morgan fingerprint density at radius 1 is 0.625 bits per heavy atom. The normalized spacial score (nSPS) is 29.3. The van der Waals surface area contributed by atoms with E-state index in [1.165, 1.54) is 0 Å². The van der Waals surface area contributed by atoms with Gasteiger partial charge < -0.3 is 0 Å². The van der Waals surface area contributed by atoms with Gasteiger partial charge in [-0.15, -0.1) is 0 Å². The molecule has 32 heavy (non-hydrogen) atoms. The predicted molar refractivity (Wildman–Crippen MR) is 84.1 cm³/mol. The molecule has 2 fully saturated rings. The summed E-state index contributed by atoms with van der Waals surface area (Å²) in [5.41, 5.74) is 0. The molecule has 2 aliphatic rings. The first-order valence-corrected chi connectivity index (χ1v) is 14.1. The van der Waals surface area contributed by atoms with Crippen LogP contribution in [-0.4, -0.2) is 146 Å². The topological polar surface area (TPSA) is 279 Å². The number of aliphatic hydroxyl groups is 6. The van der Waals surface area contributed by atoms with Crippen molar-refractivity contribution in [1.29, 1.82) is 0 Å². The van der Waals surface area contributed by atoms with Crippen molar-refractivity contribution in [1.82, 2.24) is 0 Å². The Bertz CT molecular complexity index is 704. The summed E-state index contributed by atoms with van der Waals surface area (Å²) in [6.45, 7) is 0. The van der Waals surface area contributed by atoms with Gasteiger partial charge in [-0.1, -0.05) is 0 Å². The molecule has 6 atom stereocenters. The van der Waals surface area contributed by atoms with Crippen molar-refractivity contribution in [2.75, 3.05) is 0 Å². The Morgan fingerprint density at radius 2 is 0.844 bits per heavy atom. The van der Waals surface area contributed by atoms with Crippen molar-refractivity contribution in [2.24, 2.45) is 0 Å². The number of carbonyl (C=O) groups is 6. The molecule has 0 bridgehead atoms. The molecule has 2 saturated heterocycles. The summed E-state index contributed by atoms with van der Waals surface area (Å²) in [6, 6.07) is 0. The van der Waals surface area contributed by atoms with Gasteiger partial charge in [0.25, 0.3) is 0 Å². The van der Waals surface area contributed by atoms with Crippen LogP contribution in [0.2, 0.25) is 0 Å². The zero-order chi connectivity index (χ0) is 24.3. The minimum atomic E-state index is -4.60. The van der Waals surface area contributed by atoms with Gasteiger partial charge in [-0.2, -0.15) is 0 Å². The molecule has 0 spiro atoms. The zero-order valence-corrected chi connectivity index (χ0v) is 20.0. The van der Waals surface area contributed by atoms with E-state index in [0.29, 0.717) is 0 Å². The first-order chi connectivity index (χ1) is 14.8. The van der Waals surface area contributed by atoms with Gasteiger partial charge in [0.05, 0.1) is 0 Å². The average Bonchev–Trinajstić information content (AvgIpc) is 2.88. The number of hydrogen-bond acceptors (Lipinski definition) is 18. The van der Waals surface area contributed by atoms with Crippen LogP contribution in [0.4, 0.5) is 0 Å². The molecule has 2 rings (SSSR count). The van der Waals surface area contributed by atoms with E-state index in [1.807, 2.05) is 0 Å². The molecule has 20 heteroatoms. The molecule has 2 aliphatic heterocycles. The molecule has 18 nitrogen and oxygen atoms in total. The number of hydrogen-bond donors (Lipinski definition) is 6. The van der Waals surface area contributed by atoms with E-state index in [9.17, 15) is 59.4 Å². The summed E-state index contributed by atoms with van der Waals surface area (Å²) in [5.74, 6) is -10.1. The summed E-state index contributed by atoms with van der Waals surface area (Å²) in [4.78, 5) is 69.4. The van der Waals surface area contributed by atoms with Crippen molar-refractivity contribution in [3.8, 4) is 0 Å². The molecule has 0 saturated carbocycles. The molecule has 0 amide bonds. The summed E-state index contributed by atoms with van der Waals surface area (Å²) in [6.07, 6.45) is -14.9. The molecule has 178 valence electrons. The van der Waals surface area contributed by atoms with Crippen LogP contribution < -0.4 is 0 Å². The Hall–Kier alpha value is -1.78. The number of rotatable bonds is 5. The SMILES string of the molecule is O=C([O][Sb]1[O]C(=O)[C@@H](O)[C@@H](O)C(=O)[O]1)[C@@H](O)[C@H](O)C(=O)[O][Sb]1[O]C(=O)[C@@H](O)[C@@H](O)C(=O)[O]1. The maximum atomic E-state index is 11.9. The fourth-order valence-corrected chi connectivity index (χ4v) is 6.65. The van der Waals surface area contributed by atoms with Gasteiger partial charge in [0.1, 0.15) is 0 Å². The standard InChI is InChI=1S/3C4H6O6.2Sb/c3*5-1(3(7)8)2(6)4(9)10;;/h3*1-2,5-6H,(H,7,8)(H,9,10);;/q;;;2*+3/p-6/t2*1-,2+;1-,2-;;/m..0../s1. The summed E-state index contributed by atoms with van der Waals surface area (Å²) in [7, 11) is 0. The minimum absolute atomic E-state index is 1.58. The van der Waals surface area contributed by atoms with Crippen molar-refractivity contribution < 1.29 is 77.5 Å². The van der Waals surface area contributed by atoms with E-state index in [1.54, 1.807) is 0 Å². The van der Waals surface area contributed by atoms with Gasteiger partial charge in [-0.25, -0.2) is 0 Å². The first kappa shape index (κ1) is 26.5. The van der Waals surface area contributed by atoms with Crippen molar-refractivity contribution in [3.63, 3.8) is 0 Å². The fraction of sp³-hybridized carbons (Fsp3) is 0.500. The van der Waals surface area contributed by atoms with E-state index in [0.717, 1.165) is 0 Å². The second kappa shape index (κ2) is 10.9. The zero-order valence-electron chi connectivity index (χ0n) is 14.9. The molecule has 6 N–H and O–H groups in total. The molecule has 0 radical (unpaired) electrons. The van der Waals surface area contributed by atoms with Crippen molar-refractivity contribution in [3.05, 3.63) is 0 Å². The van der Waals surface area contributed by atoms with Crippen molar-refractivity contribution in [2.45, 2.75) is 36.6 Å². The third kappa shape index (κ3) is 6.17. The molecule has 0 aromatic heterocycles. The second-order valence-electron chi connectivity index (χ2n) is 5.58. The van der Waals surface area contributed by atoms with Crippen LogP contribution in [-0.2, 0) is 46.9 Å². The second-order valence-corrected chi connectivity index (χ2v) is 11.3. The van der Waals surface area contributed by atoms with Gasteiger partial charge in [0, 0.05) is 0 Å². The third-order valence-electron chi connectivity index (χ3n) is 3.33. The third-order valence-corrected chi connectivity index (χ3v) is 8.97. The molecule has 0 unspecified atom stereocenters. The van der Waals surface area contributed by atoms with Gasteiger partial charge in [0.2, 0.25) is 0 Å². The molecule has 0 aliphatic carbocycles. The summed E-state index contributed by atoms with van der Waals surface area (Å²) in [5, 5.41) is 56.5. The quantitative estimate of drug-likeness (QED) is 0.146. The van der Waals surface area contributed by atoms with Crippen LogP contribution in [0.3, 0.4) is 0 Å². The Balaban J connectivity index is 1.97. The van der Waals surface area contributed by atoms with Crippen molar-refractivity contribution >= 4 is 78.8 Å². The van der Waals surface area contributed by atoms with Gasteiger partial charge in [-0.05, 0) is 0 Å². The van der Waals surface area contributed by atoms with Gasteiger partial charge in [-0.3, -0.25) is 0 Å². The van der Waals surface area contributed by atoms with E-state index >= 15 is 0 Å². The summed E-state index contributed by atoms with van der Waals surface area (Å²) < 4.78 is 26.4. The van der Waals surface area contributed by atoms with Crippen LogP contribution in [0.15, 0.2) is 0 Å². The molecule has 2 heterocycles. The fourth-order valence-electron chi connectivity index (χ4n) is 1.65. The van der Waals surface area contributed by atoms with E-state index in [2.05, 4.69) is 18.1 Å². The Morgan fingerprint density at radius 3 is 1.06 bits per heavy atom. The molecule has 0 aromatic rings. The van der Waals surface area contributed by atoms with Gasteiger partial charge >= 0.3 is 193 Å². The monoisotopic (exact) mass is 686 g/mol. The van der Waals surface area contributed by atoms with E-state index in [4.69, 9.17) is 0 Å². The van der Waals surface area contributed by atoms with Crippen LogP contribution in [0, 0.1) is 0 Å². The first-order valence-electron chi connectivity index (χ1n) is 7.83. The van der Waals surface area contributed by atoms with E-state index in [-0.39, 0.29) is 0 Å². The van der Waals surface area contributed by atoms with Crippen LogP contribution in [0.5, 0.6) is 0 Å². The summed E-state index contributed by atoms with van der Waals surface area (Å²) >= 11 is -9.20. The molecule has 0 aromatic carbocycles. The van der Waals surface area contributed by atoms with Crippen LogP contribution in [0.25, 0.3) is 0 Å². The van der Waals surface area contributed by atoms with Crippen LogP contribution in [0.1, 0.15) is 0 Å². The number of carbonyl (C=O) groups excluding carboxylic acids is 6. The van der Waals surface area contributed by atoms with Crippen LogP contribution >= 0.6 is 0 Å². The van der Waals surface area contributed by atoms with Gasteiger partial charge in [0.15, 0.2) is 0 Å². The molecular formula is C12H12O18Sb2. The Labute approximate surface area is 192 Å². The predicted octanol–water partition coefficient (Wildman–Crippen LogP) is -7.59.